The van der Waals surface area contributed by atoms with E-state index in [0.29, 0.717) is 23.2 Å². The molecule has 1 saturated heterocycles. The number of aliphatic hydroxyl groups is 1. The third-order valence-electron chi connectivity index (χ3n) is 8.39. The van der Waals surface area contributed by atoms with E-state index >= 15 is 0 Å². The van der Waals surface area contributed by atoms with Gasteiger partial charge in [-0.2, -0.15) is 13.2 Å². The monoisotopic (exact) mass is 485 g/mol. The zero-order valence-electron chi connectivity index (χ0n) is 19.8. The summed E-state index contributed by atoms with van der Waals surface area (Å²) >= 11 is 0. The molecule has 1 N–H and O–H groups in total. The summed E-state index contributed by atoms with van der Waals surface area (Å²) in [6.07, 6.45) is 4.41. The van der Waals surface area contributed by atoms with Crippen molar-refractivity contribution < 1.29 is 27.8 Å². The average Bonchev–Trinajstić information content (AvgIpc) is 3.10. The van der Waals surface area contributed by atoms with E-state index in [4.69, 9.17) is 4.74 Å². The van der Waals surface area contributed by atoms with Crippen LogP contribution < -0.4 is 0 Å². The standard InChI is InChI=1S/C28H30F3NO3/c1-16-25-22(21-7-4-12-27(2,34)24(21)14-23(25)26(33)35-16)11-10-20-9-8-18(15-32-20)17-5-3-6-19(13-17)28(29,30)31/h3,5-6,8-11,13,15-16,21-25,34H,4,7,12,14H2,1-2H3/b11-10+/t16?,21?,22-,23?,24?,25?,27+/m0/s1. The lowest BCUT2D eigenvalue weighted by molar-refractivity contribution is -0.146. The molecule has 35 heavy (non-hydrogen) atoms. The van der Waals surface area contributed by atoms with Crippen molar-refractivity contribution in [2.75, 3.05) is 0 Å². The molecule has 0 amide bonds. The number of carbonyl (C=O) groups is 1. The number of carbonyl (C=O) groups excluding carboxylic acids is 1. The highest BCUT2D eigenvalue weighted by Crippen LogP contribution is 2.56. The fourth-order valence-corrected chi connectivity index (χ4v) is 6.69. The first-order valence-corrected chi connectivity index (χ1v) is 12.3. The van der Waals surface area contributed by atoms with Crippen LogP contribution in [0.3, 0.4) is 0 Å². The summed E-state index contributed by atoms with van der Waals surface area (Å²) in [5.41, 5.74) is 0.279. The number of nitrogens with zero attached hydrogens (tertiary/aromatic N) is 1. The zero-order chi connectivity index (χ0) is 25.0. The Hall–Kier alpha value is -2.67. The number of allylic oxidation sites excluding steroid dienone is 1. The normalized spacial score (nSPS) is 35.0. The summed E-state index contributed by atoms with van der Waals surface area (Å²) in [5.74, 6) is 0.0834. The first-order valence-electron chi connectivity index (χ1n) is 12.3. The van der Waals surface area contributed by atoms with E-state index in [1.165, 1.54) is 6.07 Å². The molecule has 1 aromatic heterocycles. The molecule has 4 nitrogen and oxygen atoms in total. The first-order chi connectivity index (χ1) is 16.5. The summed E-state index contributed by atoms with van der Waals surface area (Å²) in [4.78, 5) is 17.0. The predicted molar refractivity (Wildman–Crippen MR) is 126 cm³/mol. The second-order valence-electron chi connectivity index (χ2n) is 10.6. The highest BCUT2D eigenvalue weighted by molar-refractivity contribution is 5.75. The molecule has 2 aromatic rings. The minimum Gasteiger partial charge on any atom is -0.462 e. The molecular weight excluding hydrogens is 455 g/mol. The van der Waals surface area contributed by atoms with Gasteiger partial charge in [-0.15, -0.1) is 0 Å². The first kappa shape index (κ1) is 24.0. The van der Waals surface area contributed by atoms with E-state index < -0.39 is 17.3 Å². The van der Waals surface area contributed by atoms with Gasteiger partial charge < -0.3 is 9.84 Å². The molecule has 1 aliphatic heterocycles. The molecule has 3 aliphatic rings. The largest absolute Gasteiger partial charge is 0.462 e. The van der Waals surface area contributed by atoms with Crippen LogP contribution in [0.4, 0.5) is 13.2 Å². The van der Waals surface area contributed by atoms with Gasteiger partial charge in [-0.25, -0.2) is 0 Å². The molecule has 7 heteroatoms. The Morgan fingerprint density at radius 3 is 2.71 bits per heavy atom. The number of benzene rings is 1. The van der Waals surface area contributed by atoms with Gasteiger partial charge in [0, 0.05) is 17.7 Å². The lowest BCUT2D eigenvalue weighted by atomic mass is 9.54. The van der Waals surface area contributed by atoms with Gasteiger partial charge in [0.05, 0.1) is 22.8 Å². The van der Waals surface area contributed by atoms with E-state index in [0.717, 1.165) is 31.4 Å². The molecular formula is C28H30F3NO3. The van der Waals surface area contributed by atoms with E-state index in [-0.39, 0.29) is 41.7 Å². The number of esters is 1. The van der Waals surface area contributed by atoms with Crippen LogP contribution >= 0.6 is 0 Å². The van der Waals surface area contributed by atoms with Gasteiger partial charge >= 0.3 is 12.1 Å². The fraction of sp³-hybridized carbons (Fsp3) is 0.500. The number of pyridine rings is 1. The Morgan fingerprint density at radius 1 is 1.20 bits per heavy atom. The van der Waals surface area contributed by atoms with E-state index in [1.54, 1.807) is 24.4 Å². The summed E-state index contributed by atoms with van der Waals surface area (Å²) in [6.45, 7) is 3.84. The van der Waals surface area contributed by atoms with E-state index in [1.807, 2.05) is 19.9 Å². The second-order valence-corrected chi connectivity index (χ2v) is 10.6. The van der Waals surface area contributed by atoms with Crippen molar-refractivity contribution in [3.8, 4) is 11.1 Å². The van der Waals surface area contributed by atoms with Crippen molar-refractivity contribution >= 4 is 12.0 Å². The fourth-order valence-electron chi connectivity index (χ4n) is 6.69. The number of hydrogen-bond acceptors (Lipinski definition) is 4. The molecule has 2 aliphatic carbocycles. The topological polar surface area (TPSA) is 59.4 Å². The predicted octanol–water partition coefficient (Wildman–Crippen LogP) is 6.15. The molecule has 5 unspecified atom stereocenters. The smallest absolute Gasteiger partial charge is 0.416 e. The summed E-state index contributed by atoms with van der Waals surface area (Å²) in [6, 6.07) is 8.78. The van der Waals surface area contributed by atoms with Gasteiger partial charge in [0.25, 0.3) is 0 Å². The number of alkyl halides is 3. The van der Waals surface area contributed by atoms with Crippen LogP contribution in [-0.2, 0) is 15.7 Å². The van der Waals surface area contributed by atoms with Crippen molar-refractivity contribution in [1.29, 1.82) is 0 Å². The molecule has 3 fully saturated rings. The zero-order valence-corrected chi connectivity index (χ0v) is 19.8. The number of aromatic nitrogens is 1. The number of fused-ring (bicyclic) bond motifs is 2. The van der Waals surface area contributed by atoms with Crippen molar-refractivity contribution in [3.05, 3.63) is 59.9 Å². The van der Waals surface area contributed by atoms with Gasteiger partial charge in [-0.1, -0.05) is 30.7 Å². The second kappa shape index (κ2) is 8.77. The van der Waals surface area contributed by atoms with Crippen LogP contribution in [0.25, 0.3) is 17.2 Å². The molecule has 2 saturated carbocycles. The van der Waals surface area contributed by atoms with Crippen LogP contribution in [0.15, 0.2) is 48.7 Å². The number of cyclic esters (lactones) is 1. The summed E-state index contributed by atoms with van der Waals surface area (Å²) in [7, 11) is 0. The quantitative estimate of drug-likeness (QED) is 0.530. The van der Waals surface area contributed by atoms with Gasteiger partial charge in [0.2, 0.25) is 0 Å². The Kier molecular flexibility index (Phi) is 6.02. The molecule has 7 atom stereocenters. The van der Waals surface area contributed by atoms with E-state index in [9.17, 15) is 23.1 Å². The number of ether oxygens (including phenoxy) is 1. The van der Waals surface area contributed by atoms with Crippen LogP contribution in [-0.4, -0.2) is 27.8 Å². The highest BCUT2D eigenvalue weighted by Gasteiger charge is 2.57. The summed E-state index contributed by atoms with van der Waals surface area (Å²) < 4.78 is 44.8. The Balaban J connectivity index is 1.40. The average molecular weight is 486 g/mol. The third-order valence-corrected chi connectivity index (χ3v) is 8.39. The van der Waals surface area contributed by atoms with Crippen molar-refractivity contribution in [3.63, 3.8) is 0 Å². The van der Waals surface area contributed by atoms with Crippen molar-refractivity contribution in [1.82, 2.24) is 4.98 Å². The van der Waals surface area contributed by atoms with E-state index in [2.05, 4.69) is 11.1 Å². The molecule has 5 rings (SSSR count). The lowest BCUT2D eigenvalue weighted by Crippen LogP contribution is -2.52. The van der Waals surface area contributed by atoms with Gasteiger partial charge in [0.15, 0.2) is 0 Å². The molecule has 0 radical (unpaired) electrons. The lowest BCUT2D eigenvalue weighted by Gasteiger charge is -2.51. The highest BCUT2D eigenvalue weighted by atomic mass is 19.4. The van der Waals surface area contributed by atoms with Crippen molar-refractivity contribution in [2.24, 2.45) is 29.6 Å². The summed E-state index contributed by atoms with van der Waals surface area (Å²) in [5, 5.41) is 11.1. The van der Waals surface area contributed by atoms with Crippen LogP contribution in [0.1, 0.15) is 50.8 Å². The third kappa shape index (κ3) is 4.51. The molecule has 0 bridgehead atoms. The van der Waals surface area contributed by atoms with Gasteiger partial charge in [0.1, 0.15) is 6.10 Å². The number of halogens is 3. The molecule has 2 heterocycles. The maximum absolute atomic E-state index is 13.1. The minimum absolute atomic E-state index is 0.0428. The minimum atomic E-state index is -4.39. The van der Waals surface area contributed by atoms with Gasteiger partial charge in [-0.05, 0) is 80.7 Å². The molecule has 1 aromatic carbocycles. The number of hydrogen-bond donors (Lipinski definition) is 1. The Bertz CT molecular complexity index is 1130. The number of rotatable bonds is 3. The maximum atomic E-state index is 13.1. The van der Waals surface area contributed by atoms with Crippen LogP contribution in [0.5, 0.6) is 0 Å². The van der Waals surface area contributed by atoms with Gasteiger partial charge in [-0.3, -0.25) is 9.78 Å². The van der Waals surface area contributed by atoms with Crippen LogP contribution in [0.2, 0.25) is 0 Å². The molecule has 0 spiro atoms. The Labute approximate surface area is 203 Å². The SMILES string of the molecule is CC1OC(=O)C2CC3C(CCC[C@@]3(C)O)[C@H](/C=C/c3ccc(-c4cccc(C(F)(F)F)c4)cn3)C12. The Morgan fingerprint density at radius 2 is 2.00 bits per heavy atom. The van der Waals surface area contributed by atoms with Crippen LogP contribution in [0, 0.1) is 29.6 Å². The van der Waals surface area contributed by atoms with Crippen molar-refractivity contribution in [2.45, 2.75) is 57.4 Å². The molecule has 186 valence electrons. The maximum Gasteiger partial charge on any atom is 0.416 e.